The number of likely N-dealkylation sites (tertiary alicyclic amines) is 1. The van der Waals surface area contributed by atoms with Crippen molar-refractivity contribution in [1.29, 1.82) is 0 Å². The number of hydrogen-bond donors (Lipinski definition) is 1. The SMILES string of the molecule is CCC1CCCCN1Cc1cc(F)cc(C(=O)O)c1. The highest BCUT2D eigenvalue weighted by Gasteiger charge is 2.21. The second-order valence-electron chi connectivity index (χ2n) is 5.18. The summed E-state index contributed by atoms with van der Waals surface area (Å²) in [6.45, 7) is 3.81. The van der Waals surface area contributed by atoms with Crippen molar-refractivity contribution in [2.24, 2.45) is 0 Å². The number of piperidine rings is 1. The third kappa shape index (κ3) is 3.53. The molecule has 1 aromatic rings. The standard InChI is InChI=1S/C15H20FNO2/c1-2-14-5-3-4-6-17(14)10-11-7-12(15(18)19)9-13(16)8-11/h7-9,14H,2-6,10H2,1H3,(H,18,19). The average molecular weight is 265 g/mol. The largest absolute Gasteiger partial charge is 0.478 e. The fraction of sp³-hybridized carbons (Fsp3) is 0.533. The molecule has 1 atom stereocenters. The summed E-state index contributed by atoms with van der Waals surface area (Å²) >= 11 is 0. The van der Waals surface area contributed by atoms with Crippen LogP contribution in [-0.4, -0.2) is 28.6 Å². The molecule has 0 aromatic heterocycles. The summed E-state index contributed by atoms with van der Waals surface area (Å²) in [6.07, 6.45) is 4.68. The molecule has 1 saturated heterocycles. The third-order valence-corrected chi connectivity index (χ3v) is 3.81. The average Bonchev–Trinajstić information content (AvgIpc) is 2.38. The Morgan fingerprint density at radius 3 is 2.89 bits per heavy atom. The van der Waals surface area contributed by atoms with Crippen LogP contribution in [0.5, 0.6) is 0 Å². The number of halogens is 1. The molecule has 2 rings (SSSR count). The number of rotatable bonds is 4. The summed E-state index contributed by atoms with van der Waals surface area (Å²) in [4.78, 5) is 13.3. The molecular weight excluding hydrogens is 245 g/mol. The summed E-state index contributed by atoms with van der Waals surface area (Å²) in [7, 11) is 0. The molecule has 0 amide bonds. The van der Waals surface area contributed by atoms with E-state index in [0.29, 0.717) is 12.6 Å². The molecule has 0 bridgehead atoms. The first-order valence-corrected chi connectivity index (χ1v) is 6.87. The van der Waals surface area contributed by atoms with Crippen LogP contribution in [0.1, 0.15) is 48.5 Å². The van der Waals surface area contributed by atoms with Crippen LogP contribution >= 0.6 is 0 Å². The Morgan fingerprint density at radius 1 is 1.42 bits per heavy atom. The van der Waals surface area contributed by atoms with Gasteiger partial charge in [0, 0.05) is 12.6 Å². The van der Waals surface area contributed by atoms with E-state index in [4.69, 9.17) is 5.11 Å². The lowest BCUT2D eigenvalue weighted by Crippen LogP contribution is -2.38. The van der Waals surface area contributed by atoms with Crippen molar-refractivity contribution in [3.63, 3.8) is 0 Å². The van der Waals surface area contributed by atoms with Gasteiger partial charge in [-0.25, -0.2) is 9.18 Å². The maximum atomic E-state index is 13.4. The highest BCUT2D eigenvalue weighted by Crippen LogP contribution is 2.22. The van der Waals surface area contributed by atoms with E-state index in [-0.39, 0.29) is 5.56 Å². The molecule has 1 N–H and O–H groups in total. The van der Waals surface area contributed by atoms with E-state index in [1.54, 1.807) is 6.07 Å². The van der Waals surface area contributed by atoms with E-state index < -0.39 is 11.8 Å². The number of aromatic carboxylic acids is 1. The number of benzene rings is 1. The van der Waals surface area contributed by atoms with Crippen LogP contribution in [0.3, 0.4) is 0 Å². The minimum absolute atomic E-state index is 0.0278. The Balaban J connectivity index is 2.15. The van der Waals surface area contributed by atoms with Crippen LogP contribution < -0.4 is 0 Å². The van der Waals surface area contributed by atoms with E-state index in [1.165, 1.54) is 18.9 Å². The third-order valence-electron chi connectivity index (χ3n) is 3.81. The van der Waals surface area contributed by atoms with E-state index in [9.17, 15) is 9.18 Å². The van der Waals surface area contributed by atoms with Gasteiger partial charge in [-0.3, -0.25) is 4.90 Å². The zero-order valence-corrected chi connectivity index (χ0v) is 11.2. The monoisotopic (exact) mass is 265 g/mol. The predicted molar refractivity (Wildman–Crippen MR) is 71.7 cm³/mol. The number of carboxylic acids is 1. The van der Waals surface area contributed by atoms with Crippen molar-refractivity contribution in [2.45, 2.75) is 45.2 Å². The van der Waals surface area contributed by atoms with Crippen LogP contribution in [0.25, 0.3) is 0 Å². The lowest BCUT2D eigenvalue weighted by molar-refractivity contribution is 0.0696. The number of carboxylic acid groups (broad SMARTS) is 1. The number of carbonyl (C=O) groups is 1. The van der Waals surface area contributed by atoms with Crippen molar-refractivity contribution >= 4 is 5.97 Å². The Labute approximate surface area is 113 Å². The minimum atomic E-state index is -1.08. The van der Waals surface area contributed by atoms with Gasteiger partial charge < -0.3 is 5.11 Å². The molecule has 1 aliphatic rings. The van der Waals surface area contributed by atoms with Crippen LogP contribution in [0.2, 0.25) is 0 Å². The molecule has 1 aromatic carbocycles. The lowest BCUT2D eigenvalue weighted by atomic mass is 9.99. The molecule has 4 heteroatoms. The smallest absolute Gasteiger partial charge is 0.335 e. The molecule has 0 aliphatic carbocycles. The Kier molecular flexibility index (Phi) is 4.53. The van der Waals surface area contributed by atoms with Gasteiger partial charge in [0.1, 0.15) is 5.82 Å². The molecule has 0 radical (unpaired) electrons. The molecule has 1 heterocycles. The summed E-state index contributed by atoms with van der Waals surface area (Å²) in [6, 6.07) is 4.62. The maximum absolute atomic E-state index is 13.4. The van der Waals surface area contributed by atoms with Crippen LogP contribution in [0.4, 0.5) is 4.39 Å². The lowest BCUT2D eigenvalue weighted by Gasteiger charge is -2.35. The minimum Gasteiger partial charge on any atom is -0.478 e. The Hall–Kier alpha value is -1.42. The van der Waals surface area contributed by atoms with Gasteiger partial charge >= 0.3 is 5.97 Å². The first kappa shape index (κ1) is 14.0. The second kappa shape index (κ2) is 6.15. The highest BCUT2D eigenvalue weighted by molar-refractivity contribution is 5.87. The first-order chi connectivity index (χ1) is 9.10. The summed E-state index contributed by atoms with van der Waals surface area (Å²) in [5, 5.41) is 8.96. The maximum Gasteiger partial charge on any atom is 0.335 e. The molecular formula is C15H20FNO2. The Morgan fingerprint density at radius 2 is 2.21 bits per heavy atom. The quantitative estimate of drug-likeness (QED) is 0.908. The van der Waals surface area contributed by atoms with Gasteiger partial charge in [0.05, 0.1) is 5.56 Å². The summed E-state index contributed by atoms with van der Waals surface area (Å²) in [5.41, 5.74) is 0.776. The number of nitrogens with zero attached hydrogens (tertiary/aromatic N) is 1. The Bertz CT molecular complexity index is 461. The highest BCUT2D eigenvalue weighted by atomic mass is 19.1. The molecule has 3 nitrogen and oxygen atoms in total. The molecule has 1 unspecified atom stereocenters. The van der Waals surface area contributed by atoms with Gasteiger partial charge in [-0.2, -0.15) is 0 Å². The molecule has 0 spiro atoms. The topological polar surface area (TPSA) is 40.5 Å². The van der Waals surface area contributed by atoms with Gasteiger partial charge in [0.25, 0.3) is 0 Å². The first-order valence-electron chi connectivity index (χ1n) is 6.87. The number of hydrogen-bond acceptors (Lipinski definition) is 2. The van der Waals surface area contributed by atoms with Crippen LogP contribution in [0.15, 0.2) is 18.2 Å². The van der Waals surface area contributed by atoms with E-state index >= 15 is 0 Å². The molecule has 1 aliphatic heterocycles. The van der Waals surface area contributed by atoms with Gasteiger partial charge in [0.2, 0.25) is 0 Å². The van der Waals surface area contributed by atoms with Crippen molar-refractivity contribution in [3.05, 3.63) is 35.1 Å². The van der Waals surface area contributed by atoms with Gasteiger partial charge in [-0.05, 0) is 49.6 Å². The van der Waals surface area contributed by atoms with Crippen molar-refractivity contribution < 1.29 is 14.3 Å². The van der Waals surface area contributed by atoms with Crippen molar-refractivity contribution in [1.82, 2.24) is 4.90 Å². The van der Waals surface area contributed by atoms with Crippen LogP contribution in [0, 0.1) is 5.82 Å². The fourth-order valence-corrected chi connectivity index (χ4v) is 2.83. The van der Waals surface area contributed by atoms with Gasteiger partial charge in [0.15, 0.2) is 0 Å². The predicted octanol–water partition coefficient (Wildman–Crippen LogP) is 3.29. The van der Waals surface area contributed by atoms with Crippen molar-refractivity contribution in [2.75, 3.05) is 6.54 Å². The van der Waals surface area contributed by atoms with Gasteiger partial charge in [-0.1, -0.05) is 13.3 Å². The molecule has 19 heavy (non-hydrogen) atoms. The normalized spacial score (nSPS) is 20.4. The zero-order valence-electron chi connectivity index (χ0n) is 11.2. The molecule has 1 fully saturated rings. The second-order valence-corrected chi connectivity index (χ2v) is 5.18. The van der Waals surface area contributed by atoms with E-state index in [1.807, 2.05) is 0 Å². The fourth-order valence-electron chi connectivity index (χ4n) is 2.83. The van der Waals surface area contributed by atoms with E-state index in [0.717, 1.165) is 31.0 Å². The van der Waals surface area contributed by atoms with E-state index in [2.05, 4.69) is 11.8 Å². The van der Waals surface area contributed by atoms with Crippen molar-refractivity contribution in [3.8, 4) is 0 Å². The van der Waals surface area contributed by atoms with Gasteiger partial charge in [-0.15, -0.1) is 0 Å². The zero-order chi connectivity index (χ0) is 13.8. The molecule has 104 valence electrons. The summed E-state index contributed by atoms with van der Waals surface area (Å²) in [5.74, 6) is -1.55. The summed E-state index contributed by atoms with van der Waals surface area (Å²) < 4.78 is 13.4. The van der Waals surface area contributed by atoms with Crippen LogP contribution in [-0.2, 0) is 6.54 Å². The molecule has 0 saturated carbocycles.